The van der Waals surface area contributed by atoms with E-state index in [0.717, 1.165) is 31.9 Å². The Morgan fingerprint density at radius 3 is 2.44 bits per heavy atom. The monoisotopic (exact) mass is 601 g/mol. The van der Waals surface area contributed by atoms with Crippen LogP contribution >= 0.6 is 0 Å². The number of pyridine rings is 1. The first-order valence-corrected chi connectivity index (χ1v) is 14.4. The Hall–Kier alpha value is -4.00. The third-order valence-electron chi connectivity index (χ3n) is 8.38. The lowest BCUT2D eigenvalue weighted by Crippen LogP contribution is -2.55. The van der Waals surface area contributed by atoms with Gasteiger partial charge in [0.15, 0.2) is 0 Å². The van der Waals surface area contributed by atoms with Crippen LogP contribution in [0.1, 0.15) is 61.9 Å². The smallest absolute Gasteiger partial charge is 0.367 e. The molecule has 3 N–H and O–H groups in total. The van der Waals surface area contributed by atoms with Crippen LogP contribution in [0, 0.1) is 5.82 Å². The van der Waals surface area contributed by atoms with Gasteiger partial charge in [-0.25, -0.2) is 14.4 Å². The van der Waals surface area contributed by atoms with Crippen LogP contribution in [0.3, 0.4) is 0 Å². The maximum atomic E-state index is 15.8. The number of carbonyl (C=O) groups excluding carboxylic acids is 1. The number of amides is 1. The van der Waals surface area contributed by atoms with E-state index in [4.69, 9.17) is 0 Å². The Bertz CT molecular complexity index is 1530. The molecule has 0 radical (unpaired) electrons. The lowest BCUT2D eigenvalue weighted by molar-refractivity contribution is -0.138. The molecule has 3 aromatic rings. The largest absolute Gasteiger partial charge is 0.417 e. The fourth-order valence-electron chi connectivity index (χ4n) is 5.81. The molecule has 2 unspecified atom stereocenters. The molecule has 1 aliphatic carbocycles. The van der Waals surface area contributed by atoms with Crippen molar-refractivity contribution in [2.24, 2.45) is 0 Å². The van der Waals surface area contributed by atoms with Crippen molar-refractivity contribution >= 4 is 23.2 Å². The van der Waals surface area contributed by atoms with Gasteiger partial charge in [0.2, 0.25) is 11.5 Å². The molecule has 9 nitrogen and oxygen atoms in total. The normalized spacial score (nSPS) is 20.2. The van der Waals surface area contributed by atoms with Crippen molar-refractivity contribution in [3.8, 4) is 11.3 Å². The molecule has 43 heavy (non-hydrogen) atoms. The van der Waals surface area contributed by atoms with Gasteiger partial charge in [-0.3, -0.25) is 14.5 Å². The first-order valence-electron chi connectivity index (χ1n) is 14.4. The number of aromatic nitrogens is 3. The number of benzene rings is 1. The van der Waals surface area contributed by atoms with E-state index >= 15 is 4.39 Å². The second kappa shape index (κ2) is 12.3. The standard InChI is InChI=1S/C30H35F4N7O2/c1-17-15-41(16-18(2)40(17)3)26-13-23(31)20(24-9-10-35-29(39-24)37-19-7-5-4-6-8-19)11-25(26)38-28(43)21-14-36-27(42)12-22(21)30(32,33)34/h9-14,17-19H,4-8,15-16H2,1-3H3,(H,36,42)(H,38,43)(H,35,37,39). The molecular formula is C30H35F4N7O2. The van der Waals surface area contributed by atoms with E-state index in [9.17, 15) is 22.8 Å². The van der Waals surface area contributed by atoms with Gasteiger partial charge in [0.1, 0.15) is 5.82 Å². The number of H-pyrrole nitrogens is 1. The number of likely N-dealkylation sites (N-methyl/N-ethyl adjacent to an activating group) is 1. The van der Waals surface area contributed by atoms with Gasteiger partial charge in [-0.15, -0.1) is 0 Å². The number of halogens is 4. The zero-order chi connectivity index (χ0) is 30.9. The van der Waals surface area contributed by atoms with Crippen LogP contribution in [0.5, 0.6) is 0 Å². The minimum Gasteiger partial charge on any atom is -0.367 e. The van der Waals surface area contributed by atoms with Crippen LogP contribution in [0.25, 0.3) is 11.3 Å². The summed E-state index contributed by atoms with van der Waals surface area (Å²) in [5.74, 6) is -1.35. The first-order chi connectivity index (χ1) is 20.4. The van der Waals surface area contributed by atoms with Crippen molar-refractivity contribution in [2.75, 3.05) is 35.7 Å². The van der Waals surface area contributed by atoms with E-state index in [2.05, 4.69) is 30.5 Å². The minimum atomic E-state index is -4.94. The highest BCUT2D eigenvalue weighted by Gasteiger charge is 2.36. The number of carbonyl (C=O) groups is 1. The third kappa shape index (κ3) is 6.82. The number of nitrogens with zero attached hydrogens (tertiary/aromatic N) is 4. The summed E-state index contributed by atoms with van der Waals surface area (Å²) in [7, 11) is 1.99. The summed E-state index contributed by atoms with van der Waals surface area (Å²) in [4.78, 5) is 40.0. The zero-order valence-corrected chi connectivity index (χ0v) is 24.3. The van der Waals surface area contributed by atoms with Crippen LogP contribution in [0.15, 0.2) is 41.5 Å². The van der Waals surface area contributed by atoms with Crippen molar-refractivity contribution in [3.63, 3.8) is 0 Å². The van der Waals surface area contributed by atoms with Crippen molar-refractivity contribution in [3.05, 3.63) is 64.0 Å². The highest BCUT2D eigenvalue weighted by atomic mass is 19.4. The molecule has 5 rings (SSSR count). The van der Waals surface area contributed by atoms with Gasteiger partial charge < -0.3 is 20.5 Å². The SMILES string of the molecule is CC1CN(c2cc(F)c(-c3ccnc(NC4CCCCC4)n3)cc2NC(=O)c2c[nH]c(=O)cc2C(F)(F)F)CC(C)N1C. The van der Waals surface area contributed by atoms with E-state index in [0.29, 0.717) is 30.8 Å². The number of rotatable bonds is 6. The maximum absolute atomic E-state index is 15.8. The molecule has 1 amide bonds. The highest BCUT2D eigenvalue weighted by molar-refractivity contribution is 6.07. The average Bonchev–Trinajstić information content (AvgIpc) is 2.96. The number of alkyl halides is 3. The molecule has 2 fully saturated rings. The molecule has 230 valence electrons. The molecule has 2 aromatic heterocycles. The van der Waals surface area contributed by atoms with Gasteiger partial charge >= 0.3 is 6.18 Å². The van der Waals surface area contributed by atoms with Gasteiger partial charge in [-0.1, -0.05) is 19.3 Å². The molecule has 1 aliphatic heterocycles. The van der Waals surface area contributed by atoms with Gasteiger partial charge in [0, 0.05) is 55.2 Å². The minimum absolute atomic E-state index is 0.0564. The second-order valence-corrected chi connectivity index (χ2v) is 11.4. The van der Waals surface area contributed by atoms with Gasteiger partial charge in [-0.2, -0.15) is 13.2 Å². The number of hydrogen-bond donors (Lipinski definition) is 3. The third-order valence-corrected chi connectivity index (χ3v) is 8.38. The lowest BCUT2D eigenvalue weighted by Gasteiger charge is -2.44. The number of aromatic amines is 1. The summed E-state index contributed by atoms with van der Waals surface area (Å²) in [6.45, 7) is 5.03. The quantitative estimate of drug-likeness (QED) is 0.320. The van der Waals surface area contributed by atoms with Crippen LogP contribution in [-0.4, -0.2) is 64.0 Å². The highest BCUT2D eigenvalue weighted by Crippen LogP contribution is 2.37. The van der Waals surface area contributed by atoms with E-state index in [1.54, 1.807) is 6.07 Å². The second-order valence-electron chi connectivity index (χ2n) is 11.4. The summed E-state index contributed by atoms with van der Waals surface area (Å²) in [5.41, 5.74) is -2.36. The molecule has 1 saturated heterocycles. The number of hydrogen-bond acceptors (Lipinski definition) is 7. The van der Waals surface area contributed by atoms with E-state index in [-0.39, 0.29) is 35.1 Å². The van der Waals surface area contributed by atoms with Gasteiger partial charge in [-0.05, 0) is 51.9 Å². The Kier molecular flexibility index (Phi) is 8.72. The molecule has 1 aromatic carbocycles. The molecule has 2 aliphatic rings. The molecular weight excluding hydrogens is 566 g/mol. The Morgan fingerprint density at radius 2 is 1.77 bits per heavy atom. The summed E-state index contributed by atoms with van der Waals surface area (Å²) in [5, 5.41) is 5.89. The Morgan fingerprint density at radius 1 is 1.07 bits per heavy atom. The van der Waals surface area contributed by atoms with E-state index in [1.807, 2.05) is 25.8 Å². The van der Waals surface area contributed by atoms with Crippen LogP contribution in [0.4, 0.5) is 34.9 Å². The van der Waals surface area contributed by atoms with Crippen molar-refractivity contribution in [2.45, 2.75) is 70.3 Å². The van der Waals surface area contributed by atoms with Crippen LogP contribution in [-0.2, 0) is 6.18 Å². The fraction of sp³-hybridized carbons (Fsp3) is 0.467. The predicted molar refractivity (Wildman–Crippen MR) is 157 cm³/mol. The van der Waals surface area contributed by atoms with Crippen LogP contribution in [0.2, 0.25) is 0 Å². The summed E-state index contributed by atoms with van der Waals surface area (Å²) >= 11 is 0. The topological polar surface area (TPSA) is 106 Å². The molecule has 1 saturated carbocycles. The Labute approximate surface area is 246 Å². The summed E-state index contributed by atoms with van der Waals surface area (Å²) in [6, 6.07) is 4.94. The molecule has 2 atom stereocenters. The molecule has 0 spiro atoms. The van der Waals surface area contributed by atoms with Crippen molar-refractivity contribution in [1.29, 1.82) is 0 Å². The molecule has 13 heteroatoms. The number of piperazine rings is 1. The van der Waals surface area contributed by atoms with Gasteiger partial charge in [0.05, 0.1) is 28.2 Å². The first kappa shape index (κ1) is 30.5. The molecule has 3 heterocycles. The Balaban J connectivity index is 1.55. The number of nitrogens with one attached hydrogen (secondary N) is 3. The zero-order valence-electron chi connectivity index (χ0n) is 24.3. The predicted octanol–water partition coefficient (Wildman–Crippen LogP) is 5.52. The van der Waals surface area contributed by atoms with Crippen LogP contribution < -0.4 is 21.1 Å². The maximum Gasteiger partial charge on any atom is 0.417 e. The van der Waals surface area contributed by atoms with Crippen molar-refractivity contribution < 1.29 is 22.4 Å². The lowest BCUT2D eigenvalue weighted by atomic mass is 9.96. The summed E-state index contributed by atoms with van der Waals surface area (Å²) in [6.07, 6.45) is 2.66. The number of anilines is 3. The fourth-order valence-corrected chi connectivity index (χ4v) is 5.81. The van der Waals surface area contributed by atoms with Gasteiger partial charge in [0.25, 0.3) is 5.91 Å². The van der Waals surface area contributed by atoms with Crippen molar-refractivity contribution in [1.82, 2.24) is 19.9 Å². The van der Waals surface area contributed by atoms with E-state index in [1.165, 1.54) is 24.8 Å². The summed E-state index contributed by atoms with van der Waals surface area (Å²) < 4.78 is 57.1. The molecule has 0 bridgehead atoms. The average molecular weight is 602 g/mol. The van der Waals surface area contributed by atoms with E-state index < -0.39 is 34.6 Å².